The fraction of sp³-hybridized carbons (Fsp3) is 0.455. The maximum absolute atomic E-state index is 13.1. The van der Waals surface area contributed by atoms with E-state index >= 15 is 0 Å². The molecule has 0 radical (unpaired) electrons. The summed E-state index contributed by atoms with van der Waals surface area (Å²) in [5, 5.41) is 2.92. The first kappa shape index (κ1) is 14.3. The van der Waals surface area contributed by atoms with E-state index in [4.69, 9.17) is 11.6 Å². The molecule has 1 N–H and O–H groups in total. The van der Waals surface area contributed by atoms with Crippen molar-refractivity contribution in [3.8, 4) is 0 Å². The summed E-state index contributed by atoms with van der Waals surface area (Å²) in [7, 11) is -3.17. The van der Waals surface area contributed by atoms with Gasteiger partial charge in [-0.3, -0.25) is 0 Å². The normalized spacial score (nSPS) is 12.5. The maximum Gasteiger partial charge on any atom is 0.154 e. The van der Waals surface area contributed by atoms with Gasteiger partial charge < -0.3 is 5.32 Å². The van der Waals surface area contributed by atoms with Gasteiger partial charge in [-0.2, -0.15) is 0 Å². The second-order valence-corrected chi connectivity index (χ2v) is 7.57. The van der Waals surface area contributed by atoms with E-state index in [1.807, 2.05) is 0 Å². The van der Waals surface area contributed by atoms with Gasteiger partial charge in [0.25, 0.3) is 0 Å². The van der Waals surface area contributed by atoms with Crippen molar-refractivity contribution in [1.29, 1.82) is 0 Å². The molecule has 0 heterocycles. The minimum absolute atomic E-state index is 0.0397. The minimum Gasteiger partial charge on any atom is -0.383 e. The molecule has 0 saturated carbocycles. The zero-order chi connectivity index (χ0) is 13.3. The molecule has 0 bridgehead atoms. The summed E-state index contributed by atoms with van der Waals surface area (Å²) in [5.41, 5.74) is 0.503. The van der Waals surface area contributed by atoms with Crippen LogP contribution in [0.15, 0.2) is 18.2 Å². The summed E-state index contributed by atoms with van der Waals surface area (Å²) < 4.78 is 35.1. The molecule has 0 amide bonds. The van der Waals surface area contributed by atoms with Crippen molar-refractivity contribution in [3.05, 3.63) is 29.0 Å². The van der Waals surface area contributed by atoms with Crippen LogP contribution < -0.4 is 5.32 Å². The Morgan fingerprint density at radius 2 is 2.00 bits per heavy atom. The molecule has 0 saturated heterocycles. The average molecular weight is 280 g/mol. The molecular weight excluding hydrogens is 265 g/mol. The number of hydrogen-bond donors (Lipinski definition) is 1. The Hall–Kier alpha value is -0.810. The second kappa shape index (κ2) is 4.82. The van der Waals surface area contributed by atoms with E-state index in [1.165, 1.54) is 18.4 Å². The van der Waals surface area contributed by atoms with Crippen LogP contribution in [0.5, 0.6) is 0 Å². The summed E-state index contributed by atoms with van der Waals surface area (Å²) in [6.45, 7) is 3.43. The van der Waals surface area contributed by atoms with Gasteiger partial charge in [0.15, 0.2) is 9.84 Å². The number of rotatable bonds is 4. The molecule has 96 valence electrons. The standard InChI is InChI=1S/C11H15ClFNO2S/c1-11(2,17(3,15)16)7-14-8-4-5-9(12)10(13)6-8/h4-6,14H,7H2,1-3H3. The highest BCUT2D eigenvalue weighted by molar-refractivity contribution is 7.92. The molecule has 1 aromatic carbocycles. The molecule has 0 aliphatic carbocycles. The lowest BCUT2D eigenvalue weighted by Crippen LogP contribution is -2.38. The van der Waals surface area contributed by atoms with E-state index in [0.717, 1.165) is 0 Å². The summed E-state index contributed by atoms with van der Waals surface area (Å²) in [4.78, 5) is 0. The van der Waals surface area contributed by atoms with E-state index < -0.39 is 20.4 Å². The van der Waals surface area contributed by atoms with E-state index in [-0.39, 0.29) is 11.6 Å². The molecule has 0 aliphatic heterocycles. The molecular formula is C11H15ClFNO2S. The van der Waals surface area contributed by atoms with Crippen molar-refractivity contribution in [3.63, 3.8) is 0 Å². The van der Waals surface area contributed by atoms with Gasteiger partial charge in [-0.1, -0.05) is 11.6 Å². The Labute approximate surface area is 106 Å². The summed E-state index contributed by atoms with van der Waals surface area (Å²) >= 11 is 5.54. The number of anilines is 1. The summed E-state index contributed by atoms with van der Waals surface area (Å²) in [6, 6.07) is 4.26. The SMILES string of the molecule is CC(C)(CNc1ccc(Cl)c(F)c1)S(C)(=O)=O. The van der Waals surface area contributed by atoms with Gasteiger partial charge in [-0.15, -0.1) is 0 Å². The predicted molar refractivity (Wildman–Crippen MR) is 68.8 cm³/mol. The number of benzene rings is 1. The Morgan fingerprint density at radius 3 is 2.47 bits per heavy atom. The van der Waals surface area contributed by atoms with Gasteiger partial charge in [-0.25, -0.2) is 12.8 Å². The number of nitrogens with one attached hydrogen (secondary N) is 1. The van der Waals surface area contributed by atoms with E-state index in [1.54, 1.807) is 19.9 Å². The Kier molecular flexibility index (Phi) is 4.04. The first-order valence-electron chi connectivity index (χ1n) is 5.02. The van der Waals surface area contributed by atoms with Gasteiger partial charge in [-0.05, 0) is 32.0 Å². The fourth-order valence-electron chi connectivity index (χ4n) is 1.05. The molecule has 0 aromatic heterocycles. The maximum atomic E-state index is 13.1. The molecule has 0 aliphatic rings. The van der Waals surface area contributed by atoms with Crippen molar-refractivity contribution in [2.75, 3.05) is 18.1 Å². The first-order chi connectivity index (χ1) is 7.63. The number of halogens is 2. The Morgan fingerprint density at radius 1 is 1.41 bits per heavy atom. The molecule has 3 nitrogen and oxygen atoms in total. The van der Waals surface area contributed by atoms with Crippen molar-refractivity contribution in [2.24, 2.45) is 0 Å². The number of sulfone groups is 1. The van der Waals surface area contributed by atoms with Crippen molar-refractivity contribution in [2.45, 2.75) is 18.6 Å². The quantitative estimate of drug-likeness (QED) is 0.922. The average Bonchev–Trinajstić information content (AvgIpc) is 2.18. The van der Waals surface area contributed by atoms with Crippen LogP contribution in [0.25, 0.3) is 0 Å². The Balaban J connectivity index is 2.78. The molecule has 0 unspecified atom stereocenters. The van der Waals surface area contributed by atoms with Gasteiger partial charge in [0, 0.05) is 18.5 Å². The lowest BCUT2D eigenvalue weighted by atomic mass is 10.2. The molecule has 0 fully saturated rings. The summed E-state index contributed by atoms with van der Waals surface area (Å²) in [6.07, 6.45) is 1.18. The van der Waals surface area contributed by atoms with Crippen molar-refractivity contribution >= 4 is 27.1 Å². The minimum atomic E-state index is -3.17. The Bertz CT molecular complexity index is 514. The number of hydrogen-bond acceptors (Lipinski definition) is 3. The van der Waals surface area contributed by atoms with E-state index in [0.29, 0.717) is 5.69 Å². The highest BCUT2D eigenvalue weighted by Crippen LogP contribution is 2.21. The molecule has 0 spiro atoms. The third-order valence-corrected chi connectivity index (χ3v) is 5.10. The van der Waals surface area contributed by atoms with Crippen molar-refractivity contribution in [1.82, 2.24) is 0 Å². The zero-order valence-corrected chi connectivity index (χ0v) is 11.5. The zero-order valence-electron chi connectivity index (χ0n) is 9.92. The van der Waals surface area contributed by atoms with Crippen molar-refractivity contribution < 1.29 is 12.8 Å². The molecule has 1 rings (SSSR count). The third kappa shape index (κ3) is 3.57. The van der Waals surface area contributed by atoms with Crippen LogP contribution in [0, 0.1) is 5.82 Å². The van der Waals surface area contributed by atoms with Gasteiger partial charge in [0.2, 0.25) is 0 Å². The largest absolute Gasteiger partial charge is 0.383 e. The molecule has 0 atom stereocenters. The van der Waals surface area contributed by atoms with Gasteiger partial charge in [0.05, 0.1) is 9.77 Å². The van der Waals surface area contributed by atoms with Crippen LogP contribution in [-0.4, -0.2) is 26.0 Å². The van der Waals surface area contributed by atoms with Gasteiger partial charge >= 0.3 is 0 Å². The lowest BCUT2D eigenvalue weighted by Gasteiger charge is -2.23. The topological polar surface area (TPSA) is 46.2 Å². The summed E-state index contributed by atoms with van der Waals surface area (Å²) in [5.74, 6) is -0.533. The van der Waals surface area contributed by atoms with Crippen LogP contribution in [0.1, 0.15) is 13.8 Å². The van der Waals surface area contributed by atoms with Crippen LogP contribution in [0.4, 0.5) is 10.1 Å². The van der Waals surface area contributed by atoms with Gasteiger partial charge in [0.1, 0.15) is 5.82 Å². The lowest BCUT2D eigenvalue weighted by molar-refractivity contribution is 0.560. The van der Waals surface area contributed by atoms with E-state index in [9.17, 15) is 12.8 Å². The fourth-order valence-corrected chi connectivity index (χ4v) is 1.50. The van der Waals surface area contributed by atoms with Crippen LogP contribution in [0.2, 0.25) is 5.02 Å². The van der Waals surface area contributed by atoms with Crippen LogP contribution in [-0.2, 0) is 9.84 Å². The smallest absolute Gasteiger partial charge is 0.154 e. The highest BCUT2D eigenvalue weighted by Gasteiger charge is 2.29. The van der Waals surface area contributed by atoms with Crippen LogP contribution >= 0.6 is 11.6 Å². The predicted octanol–water partition coefficient (Wildman–Crippen LogP) is 2.71. The molecule has 6 heteroatoms. The first-order valence-corrected chi connectivity index (χ1v) is 7.29. The van der Waals surface area contributed by atoms with Crippen LogP contribution in [0.3, 0.4) is 0 Å². The highest BCUT2D eigenvalue weighted by atomic mass is 35.5. The second-order valence-electron chi connectivity index (χ2n) is 4.51. The molecule has 17 heavy (non-hydrogen) atoms. The third-order valence-electron chi connectivity index (χ3n) is 2.64. The monoisotopic (exact) mass is 279 g/mol. The molecule has 1 aromatic rings. The van der Waals surface area contributed by atoms with E-state index in [2.05, 4.69) is 5.32 Å².